The molecule has 3 nitrogen and oxygen atoms in total. The van der Waals surface area contributed by atoms with Gasteiger partial charge in [0.05, 0.1) is 12.1 Å². The molecule has 1 saturated heterocycles. The molecule has 4 heteroatoms. The fraction of sp³-hybridized carbons (Fsp3) is 0.500. The minimum Gasteiger partial charge on any atom is -0.495 e. The Bertz CT molecular complexity index is 351. The van der Waals surface area contributed by atoms with E-state index in [1.165, 1.54) is 12.8 Å². The number of halogens is 1. The van der Waals surface area contributed by atoms with Crippen LogP contribution in [-0.4, -0.2) is 26.2 Å². The van der Waals surface area contributed by atoms with E-state index in [0.29, 0.717) is 16.8 Å². The van der Waals surface area contributed by atoms with E-state index in [4.69, 9.17) is 16.3 Å². The maximum Gasteiger partial charge on any atom is 0.137 e. The average molecular weight is 241 g/mol. The quantitative estimate of drug-likeness (QED) is 0.849. The van der Waals surface area contributed by atoms with E-state index in [9.17, 15) is 0 Å². The molecule has 1 aromatic carbocycles. The second kappa shape index (κ2) is 5.41. The van der Waals surface area contributed by atoms with Crippen LogP contribution in [0, 0.1) is 0 Å². The second-order valence-corrected chi connectivity index (χ2v) is 4.43. The Kier molecular flexibility index (Phi) is 3.91. The van der Waals surface area contributed by atoms with E-state index in [1.807, 2.05) is 18.2 Å². The van der Waals surface area contributed by atoms with Gasteiger partial charge in [0.2, 0.25) is 0 Å². The second-order valence-electron chi connectivity index (χ2n) is 4.02. The molecule has 1 heterocycles. The van der Waals surface area contributed by atoms with Gasteiger partial charge in [-0.25, -0.2) is 0 Å². The first kappa shape index (κ1) is 11.6. The van der Waals surface area contributed by atoms with Gasteiger partial charge in [-0.2, -0.15) is 0 Å². The normalized spacial score (nSPS) is 19.8. The number of rotatable bonds is 4. The zero-order valence-corrected chi connectivity index (χ0v) is 10.2. The Labute approximate surface area is 101 Å². The van der Waals surface area contributed by atoms with Crippen molar-refractivity contribution in [2.75, 3.05) is 25.5 Å². The smallest absolute Gasteiger partial charge is 0.137 e. The summed E-state index contributed by atoms with van der Waals surface area (Å²) in [5.74, 6) is 0.714. The highest BCUT2D eigenvalue weighted by Crippen LogP contribution is 2.27. The monoisotopic (exact) mass is 240 g/mol. The van der Waals surface area contributed by atoms with Gasteiger partial charge in [0, 0.05) is 18.3 Å². The third-order valence-corrected chi connectivity index (χ3v) is 3.16. The van der Waals surface area contributed by atoms with Crippen molar-refractivity contribution in [3.63, 3.8) is 0 Å². The van der Waals surface area contributed by atoms with Crippen molar-refractivity contribution < 1.29 is 4.74 Å². The first-order chi connectivity index (χ1) is 7.79. The number of hydrogen-bond donors (Lipinski definition) is 2. The molecule has 1 atom stereocenters. The lowest BCUT2D eigenvalue weighted by Gasteiger charge is -2.13. The molecule has 1 aliphatic rings. The van der Waals surface area contributed by atoms with Crippen LogP contribution >= 0.6 is 11.6 Å². The summed E-state index contributed by atoms with van der Waals surface area (Å²) in [6.45, 7) is 2.08. The number of anilines is 1. The minimum absolute atomic E-state index is 0.584. The van der Waals surface area contributed by atoms with Crippen molar-refractivity contribution in [3.05, 3.63) is 23.2 Å². The molecule has 0 radical (unpaired) electrons. The van der Waals surface area contributed by atoms with E-state index >= 15 is 0 Å². The van der Waals surface area contributed by atoms with Gasteiger partial charge in [0.25, 0.3) is 0 Å². The van der Waals surface area contributed by atoms with Crippen LogP contribution in [0.25, 0.3) is 0 Å². The standard InChI is InChI=1S/C12H17ClN2O/c1-16-12-5-4-9(7-11(12)13)15-8-10-3-2-6-14-10/h4-5,7,10,14-15H,2-3,6,8H2,1H3. The molecule has 0 amide bonds. The summed E-state index contributed by atoms with van der Waals surface area (Å²) in [4.78, 5) is 0. The molecule has 0 aliphatic carbocycles. The summed E-state index contributed by atoms with van der Waals surface area (Å²) in [5, 5.41) is 7.47. The molecule has 0 saturated carbocycles. The number of hydrogen-bond acceptors (Lipinski definition) is 3. The lowest BCUT2D eigenvalue weighted by atomic mass is 10.2. The topological polar surface area (TPSA) is 33.3 Å². The van der Waals surface area contributed by atoms with Crippen LogP contribution in [0.1, 0.15) is 12.8 Å². The van der Waals surface area contributed by atoms with Gasteiger partial charge in [0.15, 0.2) is 0 Å². The third-order valence-electron chi connectivity index (χ3n) is 2.87. The lowest BCUT2D eigenvalue weighted by molar-refractivity contribution is 0.415. The van der Waals surface area contributed by atoms with E-state index in [1.54, 1.807) is 7.11 Å². The molecule has 88 valence electrons. The summed E-state index contributed by atoms with van der Waals surface area (Å²) in [6.07, 6.45) is 2.52. The van der Waals surface area contributed by atoms with Gasteiger partial charge in [0.1, 0.15) is 5.75 Å². The number of nitrogens with one attached hydrogen (secondary N) is 2. The molecule has 2 N–H and O–H groups in total. The van der Waals surface area contributed by atoms with Crippen molar-refractivity contribution in [3.8, 4) is 5.75 Å². The Morgan fingerprint density at radius 1 is 1.56 bits per heavy atom. The number of benzene rings is 1. The van der Waals surface area contributed by atoms with Crippen LogP contribution < -0.4 is 15.4 Å². The highest BCUT2D eigenvalue weighted by Gasteiger charge is 2.13. The summed E-state index contributed by atoms with van der Waals surface area (Å²) in [5.41, 5.74) is 1.04. The number of methoxy groups -OCH3 is 1. The summed E-state index contributed by atoms with van der Waals surface area (Å²) >= 11 is 6.04. The van der Waals surface area contributed by atoms with Crippen molar-refractivity contribution >= 4 is 17.3 Å². The maximum atomic E-state index is 6.04. The molecule has 2 rings (SSSR count). The summed E-state index contributed by atoms with van der Waals surface area (Å²) < 4.78 is 5.11. The van der Waals surface area contributed by atoms with Crippen LogP contribution in [0.2, 0.25) is 5.02 Å². The molecular formula is C12H17ClN2O. The average Bonchev–Trinajstić information content (AvgIpc) is 2.79. The Hall–Kier alpha value is -0.930. The van der Waals surface area contributed by atoms with Gasteiger partial charge in [-0.15, -0.1) is 0 Å². The first-order valence-electron chi connectivity index (χ1n) is 5.60. The zero-order chi connectivity index (χ0) is 11.4. The van der Waals surface area contributed by atoms with Crippen LogP contribution in [0.15, 0.2) is 18.2 Å². The first-order valence-corrected chi connectivity index (χ1v) is 5.98. The third kappa shape index (κ3) is 2.80. The highest BCUT2D eigenvalue weighted by molar-refractivity contribution is 6.32. The number of ether oxygens (including phenoxy) is 1. The minimum atomic E-state index is 0.584. The SMILES string of the molecule is COc1ccc(NCC2CCCN2)cc1Cl. The molecule has 0 bridgehead atoms. The molecular weight excluding hydrogens is 224 g/mol. The van der Waals surface area contributed by atoms with Crippen LogP contribution in [0.4, 0.5) is 5.69 Å². The molecule has 0 spiro atoms. The summed E-state index contributed by atoms with van der Waals surface area (Å²) in [6, 6.07) is 6.35. The van der Waals surface area contributed by atoms with Crippen LogP contribution in [0.5, 0.6) is 5.75 Å². The fourth-order valence-electron chi connectivity index (χ4n) is 1.95. The highest BCUT2D eigenvalue weighted by atomic mass is 35.5. The van der Waals surface area contributed by atoms with Gasteiger partial charge < -0.3 is 15.4 Å². The van der Waals surface area contributed by atoms with Gasteiger partial charge in [-0.1, -0.05) is 11.6 Å². The molecule has 1 fully saturated rings. The Morgan fingerprint density at radius 3 is 3.06 bits per heavy atom. The molecule has 1 unspecified atom stereocenters. The predicted molar refractivity (Wildman–Crippen MR) is 67.5 cm³/mol. The summed E-state index contributed by atoms with van der Waals surface area (Å²) in [7, 11) is 1.62. The van der Waals surface area contributed by atoms with E-state index in [0.717, 1.165) is 18.8 Å². The van der Waals surface area contributed by atoms with E-state index in [2.05, 4.69) is 10.6 Å². The van der Waals surface area contributed by atoms with E-state index < -0.39 is 0 Å². The largest absolute Gasteiger partial charge is 0.495 e. The maximum absolute atomic E-state index is 6.04. The van der Waals surface area contributed by atoms with Gasteiger partial charge >= 0.3 is 0 Å². The lowest BCUT2D eigenvalue weighted by Crippen LogP contribution is -2.29. The predicted octanol–water partition coefficient (Wildman–Crippen LogP) is 2.51. The van der Waals surface area contributed by atoms with Crippen molar-refractivity contribution in [2.24, 2.45) is 0 Å². The fourth-order valence-corrected chi connectivity index (χ4v) is 2.21. The molecule has 0 aromatic heterocycles. The van der Waals surface area contributed by atoms with Gasteiger partial charge in [-0.05, 0) is 37.6 Å². The van der Waals surface area contributed by atoms with Crippen molar-refractivity contribution in [2.45, 2.75) is 18.9 Å². The molecule has 1 aromatic rings. The molecule has 16 heavy (non-hydrogen) atoms. The van der Waals surface area contributed by atoms with Crippen molar-refractivity contribution in [1.82, 2.24) is 5.32 Å². The Morgan fingerprint density at radius 2 is 2.44 bits per heavy atom. The Balaban J connectivity index is 1.91. The molecule has 1 aliphatic heterocycles. The van der Waals surface area contributed by atoms with Crippen LogP contribution in [-0.2, 0) is 0 Å². The van der Waals surface area contributed by atoms with E-state index in [-0.39, 0.29) is 0 Å². The van der Waals surface area contributed by atoms with Crippen molar-refractivity contribution in [1.29, 1.82) is 0 Å². The zero-order valence-electron chi connectivity index (χ0n) is 9.42. The van der Waals surface area contributed by atoms with Gasteiger partial charge in [-0.3, -0.25) is 0 Å². The van der Waals surface area contributed by atoms with Crippen LogP contribution in [0.3, 0.4) is 0 Å².